The molecule has 1 unspecified atom stereocenters. The molecular weight excluding hydrogens is 357 g/mol. The van der Waals surface area contributed by atoms with Gasteiger partial charge in [0.25, 0.3) is 5.91 Å². The molecule has 136 valence electrons. The lowest BCUT2D eigenvalue weighted by Crippen LogP contribution is -2.24. The van der Waals surface area contributed by atoms with E-state index in [-0.39, 0.29) is 17.6 Å². The van der Waals surface area contributed by atoms with Crippen molar-refractivity contribution in [2.75, 3.05) is 0 Å². The van der Waals surface area contributed by atoms with E-state index in [1.165, 1.54) is 24.5 Å². The molecule has 0 bridgehead atoms. The number of hydrogen-bond donors (Lipinski definition) is 2. The Hall–Kier alpha value is -2.97. The van der Waals surface area contributed by atoms with Crippen LogP contribution in [0.1, 0.15) is 27.7 Å². The molecule has 1 atom stereocenters. The molecule has 0 aliphatic heterocycles. The molecule has 0 radical (unpaired) electrons. The lowest BCUT2D eigenvalue weighted by molar-refractivity contribution is -0.182. The molecule has 4 nitrogen and oxygen atoms in total. The van der Waals surface area contributed by atoms with Crippen molar-refractivity contribution < 1.29 is 26.7 Å². The zero-order valence-corrected chi connectivity index (χ0v) is 13.1. The van der Waals surface area contributed by atoms with E-state index in [0.717, 1.165) is 18.2 Å². The molecule has 0 saturated carbocycles. The summed E-state index contributed by atoms with van der Waals surface area (Å²) >= 11 is 0. The van der Waals surface area contributed by atoms with E-state index < -0.39 is 29.6 Å². The molecular formula is C17H12F5N3O. The highest BCUT2D eigenvalue weighted by molar-refractivity contribution is 6.05. The van der Waals surface area contributed by atoms with Crippen LogP contribution in [0.3, 0.4) is 0 Å². The third kappa shape index (κ3) is 3.51. The number of carbonyl (C=O) groups excluding carboxylic acids is 1. The van der Waals surface area contributed by atoms with Gasteiger partial charge in [0, 0.05) is 6.54 Å². The molecule has 0 aliphatic rings. The van der Waals surface area contributed by atoms with Gasteiger partial charge in [-0.1, -0.05) is 24.3 Å². The van der Waals surface area contributed by atoms with Crippen LogP contribution in [0.15, 0.2) is 42.7 Å². The van der Waals surface area contributed by atoms with Gasteiger partial charge in [0.1, 0.15) is 16.9 Å². The van der Waals surface area contributed by atoms with Gasteiger partial charge in [-0.05, 0) is 23.3 Å². The smallest absolute Gasteiger partial charge is 0.348 e. The fraction of sp³-hybridized carbons (Fsp3) is 0.176. The summed E-state index contributed by atoms with van der Waals surface area (Å²) in [6.45, 7) is -0.0671. The lowest BCUT2D eigenvalue weighted by atomic mass is 10.1. The Morgan fingerprint density at radius 2 is 1.85 bits per heavy atom. The number of halogens is 5. The monoisotopic (exact) mass is 369 g/mol. The highest BCUT2D eigenvalue weighted by Crippen LogP contribution is 2.35. The van der Waals surface area contributed by atoms with Crippen molar-refractivity contribution in [3.8, 4) is 0 Å². The van der Waals surface area contributed by atoms with Gasteiger partial charge >= 0.3 is 6.18 Å². The zero-order chi connectivity index (χ0) is 18.9. The van der Waals surface area contributed by atoms with Crippen molar-refractivity contribution in [2.45, 2.75) is 18.9 Å². The van der Waals surface area contributed by atoms with Crippen molar-refractivity contribution in [1.29, 1.82) is 0 Å². The van der Waals surface area contributed by atoms with Gasteiger partial charge in [0.05, 0.1) is 11.8 Å². The predicted molar refractivity (Wildman–Crippen MR) is 83.6 cm³/mol. The number of imidazole rings is 1. The summed E-state index contributed by atoms with van der Waals surface area (Å²) in [4.78, 5) is 18.9. The van der Waals surface area contributed by atoms with Crippen LogP contribution in [0.4, 0.5) is 22.0 Å². The van der Waals surface area contributed by atoms with Gasteiger partial charge < -0.3 is 10.3 Å². The number of H-pyrrole nitrogens is 1. The topological polar surface area (TPSA) is 57.8 Å². The van der Waals surface area contributed by atoms with E-state index in [2.05, 4.69) is 15.3 Å². The van der Waals surface area contributed by atoms with Gasteiger partial charge in [-0.2, -0.15) is 13.2 Å². The van der Waals surface area contributed by atoms with Gasteiger partial charge in [0.15, 0.2) is 0 Å². The molecule has 1 aromatic heterocycles. The standard InChI is InChI=1S/C17H12F5N3O/c18-11-5-6-12-14(25-8-24-12)13(11)16(26)23-7-9-1-3-10(4-2-9)15(19)17(20,21)22/h1-6,8,15H,7H2,(H,23,26)(H,24,25). The van der Waals surface area contributed by atoms with Crippen LogP contribution in [0.2, 0.25) is 0 Å². The number of amides is 1. The Labute approximate surface area is 144 Å². The molecule has 0 spiro atoms. The molecule has 1 heterocycles. The largest absolute Gasteiger partial charge is 0.423 e. The molecule has 2 N–H and O–H groups in total. The number of carbonyl (C=O) groups is 1. The maximum Gasteiger partial charge on any atom is 0.423 e. The second kappa shape index (κ2) is 6.74. The molecule has 26 heavy (non-hydrogen) atoms. The number of alkyl halides is 4. The first kappa shape index (κ1) is 17.8. The van der Waals surface area contributed by atoms with Crippen LogP contribution in [0.25, 0.3) is 11.0 Å². The quantitative estimate of drug-likeness (QED) is 0.677. The van der Waals surface area contributed by atoms with Crippen LogP contribution in [-0.4, -0.2) is 22.1 Å². The average Bonchev–Trinajstić information content (AvgIpc) is 3.07. The SMILES string of the molecule is O=C(NCc1ccc(C(F)C(F)(F)F)cc1)c1c(F)ccc2[nH]cnc12. The summed E-state index contributed by atoms with van der Waals surface area (Å²) in [5, 5.41) is 2.47. The van der Waals surface area contributed by atoms with Crippen molar-refractivity contribution in [1.82, 2.24) is 15.3 Å². The van der Waals surface area contributed by atoms with Crippen molar-refractivity contribution in [3.63, 3.8) is 0 Å². The summed E-state index contributed by atoms with van der Waals surface area (Å²) in [5.41, 5.74) is 0.331. The number of hydrogen-bond acceptors (Lipinski definition) is 2. The van der Waals surface area contributed by atoms with Crippen LogP contribution >= 0.6 is 0 Å². The first-order valence-electron chi connectivity index (χ1n) is 7.47. The molecule has 0 fully saturated rings. The van der Waals surface area contributed by atoms with Gasteiger partial charge in [-0.3, -0.25) is 4.79 Å². The minimum Gasteiger partial charge on any atom is -0.348 e. The first-order chi connectivity index (χ1) is 12.3. The van der Waals surface area contributed by atoms with Crippen LogP contribution in [-0.2, 0) is 6.54 Å². The highest BCUT2D eigenvalue weighted by Gasteiger charge is 2.41. The number of rotatable bonds is 4. The summed E-state index contributed by atoms with van der Waals surface area (Å²) in [6.07, 6.45) is -6.72. The maximum absolute atomic E-state index is 14.0. The average molecular weight is 369 g/mol. The molecule has 3 rings (SSSR count). The number of benzene rings is 2. The normalized spacial score (nSPS) is 13.0. The van der Waals surface area contributed by atoms with E-state index in [1.54, 1.807) is 0 Å². The van der Waals surface area contributed by atoms with Crippen LogP contribution in [0.5, 0.6) is 0 Å². The number of aromatic amines is 1. The third-order valence-electron chi connectivity index (χ3n) is 3.78. The Kier molecular flexibility index (Phi) is 4.62. The number of aromatic nitrogens is 2. The summed E-state index contributed by atoms with van der Waals surface area (Å²) in [5.74, 6) is -1.47. The fourth-order valence-corrected chi connectivity index (χ4v) is 2.46. The van der Waals surface area contributed by atoms with Gasteiger partial charge in [0.2, 0.25) is 6.17 Å². The van der Waals surface area contributed by atoms with E-state index in [4.69, 9.17) is 0 Å². The molecule has 2 aromatic carbocycles. The van der Waals surface area contributed by atoms with Crippen molar-refractivity contribution in [2.24, 2.45) is 0 Å². The van der Waals surface area contributed by atoms with Crippen LogP contribution in [0, 0.1) is 5.82 Å². The minimum atomic E-state index is -4.98. The fourth-order valence-electron chi connectivity index (χ4n) is 2.46. The first-order valence-corrected chi connectivity index (χ1v) is 7.47. The number of nitrogens with one attached hydrogen (secondary N) is 2. The molecule has 0 aliphatic carbocycles. The minimum absolute atomic E-state index is 0.0671. The zero-order valence-electron chi connectivity index (χ0n) is 13.1. The van der Waals surface area contributed by atoms with Gasteiger partial charge in [-0.15, -0.1) is 0 Å². The summed E-state index contributed by atoms with van der Waals surface area (Å²) < 4.78 is 64.2. The predicted octanol–water partition coefficient (Wildman–Crippen LogP) is 4.20. The summed E-state index contributed by atoms with van der Waals surface area (Å²) in [7, 11) is 0. The Morgan fingerprint density at radius 3 is 2.50 bits per heavy atom. The molecule has 3 aromatic rings. The second-order valence-corrected chi connectivity index (χ2v) is 5.55. The number of nitrogens with zero attached hydrogens (tertiary/aromatic N) is 1. The molecule has 1 amide bonds. The lowest BCUT2D eigenvalue weighted by Gasteiger charge is -2.13. The Balaban J connectivity index is 1.72. The van der Waals surface area contributed by atoms with E-state index in [0.29, 0.717) is 11.1 Å². The highest BCUT2D eigenvalue weighted by atomic mass is 19.4. The molecule has 9 heteroatoms. The van der Waals surface area contributed by atoms with E-state index in [1.807, 2.05) is 0 Å². The van der Waals surface area contributed by atoms with Gasteiger partial charge in [-0.25, -0.2) is 13.8 Å². The summed E-state index contributed by atoms with van der Waals surface area (Å²) in [6, 6.07) is 7.09. The van der Waals surface area contributed by atoms with E-state index >= 15 is 0 Å². The number of fused-ring (bicyclic) bond motifs is 1. The maximum atomic E-state index is 14.0. The van der Waals surface area contributed by atoms with E-state index in [9.17, 15) is 26.7 Å². The third-order valence-corrected chi connectivity index (χ3v) is 3.78. The Morgan fingerprint density at radius 1 is 1.15 bits per heavy atom. The van der Waals surface area contributed by atoms with Crippen LogP contribution < -0.4 is 5.32 Å². The van der Waals surface area contributed by atoms with Crippen molar-refractivity contribution >= 4 is 16.9 Å². The second-order valence-electron chi connectivity index (χ2n) is 5.55. The van der Waals surface area contributed by atoms with Crippen molar-refractivity contribution in [3.05, 3.63) is 65.2 Å². The Bertz CT molecular complexity index is 934. The molecule has 0 saturated heterocycles.